The monoisotopic (exact) mass is 369 g/mol. The molecule has 1 aliphatic carbocycles. The number of halogens is 2. The molecule has 1 aromatic carbocycles. The van der Waals surface area contributed by atoms with Crippen molar-refractivity contribution < 1.29 is 8.78 Å². The molecule has 2 heterocycles. The molecule has 0 amide bonds. The van der Waals surface area contributed by atoms with Crippen LogP contribution in [0.5, 0.6) is 0 Å². The Bertz CT molecular complexity index is 1060. The van der Waals surface area contributed by atoms with Crippen molar-refractivity contribution in [3.05, 3.63) is 58.0 Å². The van der Waals surface area contributed by atoms with Gasteiger partial charge in [0, 0.05) is 29.6 Å². The molecule has 0 atom stereocenters. The fraction of sp³-hybridized carbons (Fsp3) is 0.381. The van der Waals surface area contributed by atoms with E-state index in [1.807, 2.05) is 6.07 Å². The molecule has 2 aromatic heterocycles. The Hall–Kier alpha value is -2.63. The maximum absolute atomic E-state index is 14.3. The Morgan fingerprint density at radius 1 is 1.15 bits per heavy atom. The highest BCUT2D eigenvalue weighted by molar-refractivity contribution is 5.91. The topological polar surface area (TPSA) is 47.8 Å². The maximum atomic E-state index is 14.3. The van der Waals surface area contributed by atoms with Crippen LogP contribution in [0, 0.1) is 17.6 Å². The van der Waals surface area contributed by atoms with E-state index in [-0.39, 0.29) is 16.8 Å². The number of benzene rings is 1. The van der Waals surface area contributed by atoms with E-state index in [0.29, 0.717) is 11.4 Å². The van der Waals surface area contributed by atoms with Gasteiger partial charge in [0.1, 0.15) is 17.3 Å². The van der Waals surface area contributed by atoms with E-state index in [2.05, 4.69) is 10.2 Å². The number of aryl methyl sites for hydroxylation is 1. The third-order valence-corrected chi connectivity index (χ3v) is 5.52. The molecule has 1 saturated carbocycles. The van der Waals surface area contributed by atoms with Gasteiger partial charge in [-0.2, -0.15) is 5.10 Å². The van der Waals surface area contributed by atoms with Crippen LogP contribution in [0.1, 0.15) is 37.7 Å². The second kappa shape index (κ2) is 7.18. The normalized spacial score (nSPS) is 15.4. The van der Waals surface area contributed by atoms with Crippen molar-refractivity contribution in [2.24, 2.45) is 13.0 Å². The third kappa shape index (κ3) is 3.36. The molecule has 1 aliphatic rings. The van der Waals surface area contributed by atoms with Gasteiger partial charge in [0.25, 0.3) is 5.56 Å². The second-order valence-electron chi connectivity index (χ2n) is 7.36. The van der Waals surface area contributed by atoms with Gasteiger partial charge in [-0.1, -0.05) is 32.1 Å². The van der Waals surface area contributed by atoms with Gasteiger partial charge in [-0.25, -0.2) is 8.78 Å². The lowest BCUT2D eigenvalue weighted by atomic mass is 9.85. The highest BCUT2D eigenvalue weighted by Gasteiger charge is 2.19. The van der Waals surface area contributed by atoms with Crippen LogP contribution in [-0.4, -0.2) is 14.8 Å². The Kier molecular flexibility index (Phi) is 4.72. The van der Waals surface area contributed by atoms with Crippen molar-refractivity contribution in [3.8, 4) is 11.3 Å². The van der Waals surface area contributed by atoms with Crippen molar-refractivity contribution in [1.29, 1.82) is 0 Å². The average molecular weight is 369 g/mol. The summed E-state index contributed by atoms with van der Waals surface area (Å²) in [5.41, 5.74) is 1.55. The maximum Gasteiger partial charge on any atom is 0.254 e. The summed E-state index contributed by atoms with van der Waals surface area (Å²) in [6.45, 7) is 0. The Balaban J connectivity index is 1.84. The van der Waals surface area contributed by atoms with Crippen molar-refractivity contribution in [1.82, 2.24) is 14.8 Å². The Morgan fingerprint density at radius 3 is 2.67 bits per heavy atom. The van der Waals surface area contributed by atoms with Gasteiger partial charge in [-0.3, -0.25) is 4.79 Å². The Morgan fingerprint density at radius 2 is 1.93 bits per heavy atom. The first-order valence-corrected chi connectivity index (χ1v) is 9.34. The number of rotatable bonds is 3. The molecule has 0 saturated heterocycles. The number of aromatic nitrogens is 3. The highest BCUT2D eigenvalue weighted by Crippen LogP contribution is 2.29. The lowest BCUT2D eigenvalue weighted by Crippen LogP contribution is -2.24. The summed E-state index contributed by atoms with van der Waals surface area (Å²) in [5, 5.41) is 8.76. The zero-order valence-corrected chi connectivity index (χ0v) is 15.2. The van der Waals surface area contributed by atoms with E-state index in [0.717, 1.165) is 36.3 Å². The van der Waals surface area contributed by atoms with Crippen molar-refractivity contribution in [2.75, 3.05) is 0 Å². The van der Waals surface area contributed by atoms with Crippen LogP contribution in [-0.2, 0) is 13.5 Å². The summed E-state index contributed by atoms with van der Waals surface area (Å²) < 4.78 is 29.1. The van der Waals surface area contributed by atoms with E-state index in [9.17, 15) is 13.6 Å². The lowest BCUT2D eigenvalue weighted by molar-refractivity contribution is 0.355. The smallest absolute Gasteiger partial charge is 0.254 e. The van der Waals surface area contributed by atoms with Crippen molar-refractivity contribution in [3.63, 3.8) is 0 Å². The van der Waals surface area contributed by atoms with E-state index in [4.69, 9.17) is 0 Å². The average Bonchev–Trinajstić information content (AvgIpc) is 2.66. The van der Waals surface area contributed by atoms with E-state index in [1.54, 1.807) is 13.2 Å². The summed E-state index contributed by atoms with van der Waals surface area (Å²) in [4.78, 5) is 12.9. The molecule has 0 radical (unpaired) electrons. The molecule has 3 aromatic rings. The van der Waals surface area contributed by atoms with Crippen LogP contribution < -0.4 is 5.56 Å². The van der Waals surface area contributed by atoms with E-state index in [1.165, 1.54) is 36.0 Å². The summed E-state index contributed by atoms with van der Waals surface area (Å²) in [6, 6.07) is 5.17. The molecule has 4 rings (SSSR count). The number of pyridine rings is 1. The van der Waals surface area contributed by atoms with Crippen LogP contribution in [0.3, 0.4) is 0 Å². The summed E-state index contributed by atoms with van der Waals surface area (Å²) in [7, 11) is 1.67. The minimum atomic E-state index is -0.726. The first kappa shape index (κ1) is 17.8. The van der Waals surface area contributed by atoms with Gasteiger partial charge >= 0.3 is 0 Å². The summed E-state index contributed by atoms with van der Waals surface area (Å²) in [6.07, 6.45) is 8.36. The molecular formula is C21H21F2N3O. The standard InChI is InChI=1S/C21H21F2N3O/c1-26-20-15(10-14(21(26)27)9-13-5-3-2-4-6-13)12-24-25-19(20)17-8-7-16(22)11-18(17)23/h7-8,10-13H,2-6,9H2,1H3. The van der Waals surface area contributed by atoms with Crippen LogP contribution >= 0.6 is 0 Å². The van der Waals surface area contributed by atoms with Gasteiger partial charge in [-0.05, 0) is 30.5 Å². The van der Waals surface area contributed by atoms with Crippen LogP contribution in [0.4, 0.5) is 8.78 Å². The molecule has 0 unspecified atom stereocenters. The van der Waals surface area contributed by atoms with Crippen LogP contribution in [0.2, 0.25) is 0 Å². The quantitative estimate of drug-likeness (QED) is 0.688. The van der Waals surface area contributed by atoms with Crippen molar-refractivity contribution >= 4 is 10.9 Å². The van der Waals surface area contributed by atoms with E-state index >= 15 is 0 Å². The number of hydrogen-bond acceptors (Lipinski definition) is 3. The van der Waals surface area contributed by atoms with Crippen molar-refractivity contribution in [2.45, 2.75) is 38.5 Å². The zero-order chi connectivity index (χ0) is 19.0. The largest absolute Gasteiger partial charge is 0.309 e. The van der Waals surface area contributed by atoms with Gasteiger partial charge in [0.2, 0.25) is 0 Å². The highest BCUT2D eigenvalue weighted by atomic mass is 19.1. The third-order valence-electron chi connectivity index (χ3n) is 5.52. The molecule has 27 heavy (non-hydrogen) atoms. The molecule has 0 aliphatic heterocycles. The first-order valence-electron chi connectivity index (χ1n) is 9.34. The predicted octanol–water partition coefficient (Wildman–Crippen LogP) is 4.40. The number of hydrogen-bond donors (Lipinski definition) is 0. The van der Waals surface area contributed by atoms with Crippen LogP contribution in [0.25, 0.3) is 22.2 Å². The molecule has 0 N–H and O–H groups in total. The molecule has 0 bridgehead atoms. The molecule has 1 fully saturated rings. The van der Waals surface area contributed by atoms with Gasteiger partial charge in [0.05, 0.1) is 11.7 Å². The second-order valence-corrected chi connectivity index (χ2v) is 7.36. The zero-order valence-electron chi connectivity index (χ0n) is 15.2. The van der Waals surface area contributed by atoms with Gasteiger partial charge in [0.15, 0.2) is 0 Å². The summed E-state index contributed by atoms with van der Waals surface area (Å²) in [5.74, 6) is -0.851. The van der Waals surface area contributed by atoms with Crippen LogP contribution in [0.15, 0.2) is 35.3 Å². The van der Waals surface area contributed by atoms with E-state index < -0.39 is 11.6 Å². The SMILES string of the molecule is Cn1c(=O)c(CC2CCCCC2)cc2cnnc(-c3ccc(F)cc3F)c21. The lowest BCUT2D eigenvalue weighted by Gasteiger charge is -2.21. The molecule has 0 spiro atoms. The molecule has 4 nitrogen and oxygen atoms in total. The molecule has 140 valence electrons. The minimum absolute atomic E-state index is 0.0927. The fourth-order valence-corrected chi connectivity index (χ4v) is 4.13. The van der Waals surface area contributed by atoms with Gasteiger partial charge < -0.3 is 4.57 Å². The predicted molar refractivity (Wildman–Crippen MR) is 100 cm³/mol. The van der Waals surface area contributed by atoms with Gasteiger partial charge in [-0.15, -0.1) is 5.10 Å². The number of nitrogens with zero attached hydrogens (tertiary/aromatic N) is 3. The fourth-order valence-electron chi connectivity index (χ4n) is 4.13. The Labute approximate surface area is 155 Å². The molecular weight excluding hydrogens is 348 g/mol. The summed E-state index contributed by atoms with van der Waals surface area (Å²) >= 11 is 0. The molecule has 6 heteroatoms. The first-order chi connectivity index (χ1) is 13.0. The minimum Gasteiger partial charge on any atom is -0.309 e. The number of fused-ring (bicyclic) bond motifs is 1.